The highest BCUT2D eigenvalue weighted by molar-refractivity contribution is 8.13. The van der Waals surface area contributed by atoms with Crippen LogP contribution in [0.3, 0.4) is 0 Å². The predicted octanol–water partition coefficient (Wildman–Crippen LogP) is -2.51. The Bertz CT molecular complexity index is 1900. The minimum atomic E-state index is -5.76. The molecule has 1 saturated heterocycles. The smallest absolute Gasteiger partial charge is 0.478 e. The number of fused-ring (bicyclic) bond motifs is 1. The van der Waals surface area contributed by atoms with E-state index in [1.807, 2.05) is 21.1 Å². The molecule has 0 bridgehead atoms. The Morgan fingerprint density at radius 3 is 2.40 bits per heavy atom. The molecule has 26 nitrogen and oxygen atoms in total. The second kappa shape index (κ2) is 20.4. The van der Waals surface area contributed by atoms with Gasteiger partial charge in [0.1, 0.15) is 48.9 Å². The van der Waals surface area contributed by atoms with Crippen LogP contribution in [0.4, 0.5) is 5.82 Å². The van der Waals surface area contributed by atoms with Crippen molar-refractivity contribution in [3.8, 4) is 0 Å². The van der Waals surface area contributed by atoms with Crippen LogP contribution < -0.4 is 21.3 Å². The van der Waals surface area contributed by atoms with E-state index in [-0.39, 0.29) is 53.8 Å². The van der Waals surface area contributed by atoms with Crippen molar-refractivity contribution in [1.82, 2.24) is 30.2 Å². The number of hydrogen-bond acceptors (Lipinski definition) is 20. The Morgan fingerprint density at radius 2 is 1.76 bits per heavy atom. The van der Waals surface area contributed by atoms with E-state index in [9.17, 15) is 63.0 Å². The molecule has 0 saturated carbocycles. The molecule has 1 fully saturated rings. The van der Waals surface area contributed by atoms with Crippen LogP contribution in [-0.4, -0.2) is 161 Å². The molecule has 0 aliphatic carbocycles. The third-order valence-corrected chi connectivity index (χ3v) is 11.9. The van der Waals surface area contributed by atoms with Gasteiger partial charge in [-0.3, -0.25) is 32.6 Å². The van der Waals surface area contributed by atoms with Crippen LogP contribution in [0.2, 0.25) is 0 Å². The molecule has 30 heteroatoms. The summed E-state index contributed by atoms with van der Waals surface area (Å²) in [5.74, 6) is -1.30. The second-order valence-electron chi connectivity index (χ2n) is 14.6. The van der Waals surface area contributed by atoms with Crippen molar-refractivity contribution in [3.05, 3.63) is 12.7 Å². The zero-order valence-corrected chi connectivity index (χ0v) is 35.4. The van der Waals surface area contributed by atoms with E-state index in [2.05, 4.69) is 38.9 Å². The average Bonchev–Trinajstić information content (AvgIpc) is 3.63. The summed E-state index contributed by atoms with van der Waals surface area (Å²) >= 11 is 0.953. The lowest BCUT2D eigenvalue weighted by Gasteiger charge is -2.32. The van der Waals surface area contributed by atoms with Crippen LogP contribution in [0, 0.1) is 5.41 Å². The van der Waals surface area contributed by atoms with Crippen LogP contribution in [0.1, 0.15) is 32.9 Å². The van der Waals surface area contributed by atoms with Gasteiger partial charge in [0.05, 0.1) is 40.7 Å². The number of aliphatic hydroxyl groups is 3. The fourth-order valence-electron chi connectivity index (χ4n) is 5.24. The number of phosphoric acid groups is 3. The molecule has 0 spiro atoms. The molecule has 8 atom stereocenters. The van der Waals surface area contributed by atoms with E-state index in [1.165, 1.54) is 13.8 Å². The molecule has 1 aliphatic heterocycles. The first-order valence-corrected chi connectivity index (χ1v) is 22.6. The van der Waals surface area contributed by atoms with E-state index in [4.69, 9.17) is 15.0 Å². The molecule has 10 N–H and O–H groups in total. The number of nitrogens with zero attached hydrogens (tertiary/aromatic N) is 5. The Morgan fingerprint density at radius 1 is 1.09 bits per heavy atom. The SMILES string of the molecule is CC(C)(COP(=O)([O-])OP(=O)(O)OC[C@H]1O[C@H](n2cnc3c(N)ncnc32)[C@@H](O)[C@H]1OP(=O)(O)O)[C@@H](O)C(=O)NCCC(=O)NCCSC(=O)C[C@@H](O)C[N+](C)(C)C. The van der Waals surface area contributed by atoms with E-state index < -0.39 is 90.7 Å². The van der Waals surface area contributed by atoms with Gasteiger partial charge in [-0.15, -0.1) is 0 Å². The number of hydrogen-bond donors (Lipinski definition) is 9. The number of likely N-dealkylation sites (N-methyl/N-ethyl adjacent to an activating group) is 1. The lowest BCUT2D eigenvalue weighted by Crippen LogP contribution is -2.46. The zero-order valence-electron chi connectivity index (χ0n) is 31.9. The number of rotatable bonds is 23. The summed E-state index contributed by atoms with van der Waals surface area (Å²) in [5, 5.41) is 36.1. The maximum atomic E-state index is 12.6. The topological polar surface area (TPSA) is 387 Å². The quantitative estimate of drug-likeness (QED) is 0.0316. The van der Waals surface area contributed by atoms with Gasteiger partial charge in [-0.05, 0) is 0 Å². The first-order valence-electron chi connectivity index (χ1n) is 17.1. The molecule has 330 valence electrons. The highest BCUT2D eigenvalue weighted by Gasteiger charge is 2.50. The molecule has 3 heterocycles. The number of ether oxygens (including phenoxy) is 1. The number of nitrogens with two attached hydrogens (primary N) is 1. The molecule has 0 radical (unpaired) electrons. The van der Waals surface area contributed by atoms with E-state index >= 15 is 0 Å². The van der Waals surface area contributed by atoms with E-state index in [1.54, 1.807) is 0 Å². The minimum Gasteiger partial charge on any atom is -0.756 e. The first-order chi connectivity index (χ1) is 26.6. The van der Waals surface area contributed by atoms with Crippen molar-refractivity contribution in [2.24, 2.45) is 5.41 Å². The highest BCUT2D eigenvalue weighted by Crippen LogP contribution is 2.59. The minimum absolute atomic E-state index is 0.0173. The summed E-state index contributed by atoms with van der Waals surface area (Å²) in [6.45, 7) is 0.580. The molecule has 2 amide bonds. The lowest BCUT2D eigenvalue weighted by molar-refractivity contribution is -0.873. The van der Waals surface area contributed by atoms with Gasteiger partial charge in [-0.2, -0.15) is 0 Å². The van der Waals surface area contributed by atoms with Gasteiger partial charge in [-0.25, -0.2) is 28.4 Å². The van der Waals surface area contributed by atoms with Gasteiger partial charge in [0.2, 0.25) is 11.8 Å². The summed E-state index contributed by atoms with van der Waals surface area (Å²) in [7, 11) is -11.1. The number of phosphoric ester groups is 3. The normalized spacial score (nSPS) is 22.2. The Kier molecular flexibility index (Phi) is 17.5. The molecule has 0 aromatic carbocycles. The van der Waals surface area contributed by atoms with Gasteiger partial charge >= 0.3 is 15.6 Å². The molecular weight excluding hydrogens is 861 g/mol. The Balaban J connectivity index is 1.46. The van der Waals surface area contributed by atoms with Gasteiger partial charge in [-0.1, -0.05) is 25.6 Å². The summed E-state index contributed by atoms with van der Waals surface area (Å²) in [4.78, 5) is 90.0. The number of carbonyl (C=O) groups is 3. The molecule has 3 rings (SSSR count). The van der Waals surface area contributed by atoms with Crippen molar-refractivity contribution in [1.29, 1.82) is 0 Å². The van der Waals surface area contributed by atoms with Crippen LogP contribution in [0.5, 0.6) is 0 Å². The fraction of sp³-hybridized carbons (Fsp3) is 0.714. The molecule has 2 aromatic heterocycles. The van der Waals surface area contributed by atoms with Crippen molar-refractivity contribution >= 4 is 69.1 Å². The number of amides is 2. The molecule has 1 aliphatic rings. The number of nitrogen functional groups attached to an aromatic ring is 1. The lowest BCUT2D eigenvalue weighted by atomic mass is 9.87. The van der Waals surface area contributed by atoms with Crippen LogP contribution in [0.25, 0.3) is 11.2 Å². The number of aliphatic hydroxyl groups excluding tert-OH is 3. The van der Waals surface area contributed by atoms with Crippen LogP contribution >= 0.6 is 35.2 Å². The Labute approximate surface area is 335 Å². The number of anilines is 1. The van der Waals surface area contributed by atoms with Gasteiger partial charge in [0.15, 0.2) is 22.8 Å². The van der Waals surface area contributed by atoms with Crippen molar-refractivity contribution in [2.75, 3.05) is 65.5 Å². The average molecular weight is 911 g/mol. The first kappa shape index (κ1) is 49.8. The van der Waals surface area contributed by atoms with Crippen LogP contribution in [-0.2, 0) is 50.7 Å². The summed E-state index contributed by atoms with van der Waals surface area (Å²) in [6.07, 6.45) is -7.95. The monoisotopic (exact) mass is 910 g/mol. The fourth-order valence-corrected chi connectivity index (χ4v) is 8.77. The molecule has 2 unspecified atom stereocenters. The number of thioether (sulfide) groups is 1. The molecule has 58 heavy (non-hydrogen) atoms. The van der Waals surface area contributed by atoms with Crippen molar-refractivity contribution in [2.45, 2.75) is 63.4 Å². The third kappa shape index (κ3) is 15.8. The van der Waals surface area contributed by atoms with Gasteiger partial charge in [0, 0.05) is 37.1 Å². The molecular formula is C28H49N8O18P3S. The number of carbonyl (C=O) groups excluding carboxylic acids is 3. The standard InChI is InChI=1S/C28H49N8O18P3S/c1-28(2,23(41)26(42)31-7-6-18(38)30-8-9-58-19(39)10-16(37)11-36(3,4)5)13-51-57(48,49)54-56(46,47)50-12-17-22(53-55(43,44)45)21(40)27(52-17)35-15-34-20-24(29)32-14-33-25(20)35/h14-17,21-23,27,37,40-41H,6-13H2,1-5H3,(H7-,29,30,31,32,33,38,42,43,44,45,46,47,48,49)/t16-,17-,21+,22+,23+,27+/m1/s1. The summed E-state index contributed by atoms with van der Waals surface area (Å²) in [5.41, 5.74) is 4.17. The van der Waals surface area contributed by atoms with Gasteiger partial charge in [0.25, 0.3) is 7.82 Å². The summed E-state index contributed by atoms with van der Waals surface area (Å²) in [6, 6.07) is 0. The largest absolute Gasteiger partial charge is 0.756 e. The second-order valence-corrected chi connectivity index (χ2v) is 19.9. The maximum Gasteiger partial charge on any atom is 0.478 e. The highest BCUT2D eigenvalue weighted by atomic mass is 32.2. The summed E-state index contributed by atoms with van der Waals surface area (Å²) < 4.78 is 62.1. The van der Waals surface area contributed by atoms with Crippen LogP contribution in [0.15, 0.2) is 12.7 Å². The van der Waals surface area contributed by atoms with E-state index in [0.717, 1.165) is 29.0 Å². The maximum absolute atomic E-state index is 12.6. The number of nitrogens with one attached hydrogen (secondary N) is 2. The van der Waals surface area contributed by atoms with E-state index in [0.29, 0.717) is 11.0 Å². The third-order valence-electron chi connectivity index (χ3n) is 7.92. The molecule has 2 aromatic rings. The number of aromatic nitrogens is 4. The van der Waals surface area contributed by atoms with Crippen molar-refractivity contribution in [3.63, 3.8) is 0 Å². The predicted molar refractivity (Wildman–Crippen MR) is 198 cm³/mol. The zero-order chi connectivity index (χ0) is 43.9. The van der Waals surface area contributed by atoms with Crippen molar-refractivity contribution < 1.29 is 90.1 Å². The number of imidazole rings is 1. The van der Waals surface area contributed by atoms with Gasteiger partial charge < -0.3 is 65.0 Å². The number of quaternary nitrogens is 1. The Hall–Kier alpha value is -2.52.